The Bertz CT molecular complexity index is 588. The average molecular weight is 340 g/mol. The largest absolute Gasteiger partial charge is 0.459 e. The molecule has 0 spiro atoms. The van der Waals surface area contributed by atoms with Crippen LogP contribution in [0, 0.1) is 0 Å². The third-order valence-electron chi connectivity index (χ3n) is 1.97. The fourth-order valence-electron chi connectivity index (χ4n) is 1.30. The molecule has 0 unspecified atom stereocenters. The van der Waals surface area contributed by atoms with E-state index in [-0.39, 0.29) is 14.9 Å². The zero-order valence-electron chi connectivity index (χ0n) is 11.2. The van der Waals surface area contributed by atoms with Crippen LogP contribution < -0.4 is 4.72 Å². The zero-order chi connectivity index (χ0) is 15.6. The molecule has 1 rings (SSSR count). The van der Waals surface area contributed by atoms with Gasteiger partial charge in [-0.25, -0.2) is 8.42 Å². The molecule has 0 aliphatic heterocycles. The summed E-state index contributed by atoms with van der Waals surface area (Å²) in [6.45, 7) is 4.60. The lowest BCUT2D eigenvalue weighted by Gasteiger charge is -2.19. The number of rotatable bonds is 4. The van der Waals surface area contributed by atoms with Crippen LogP contribution in [0.5, 0.6) is 0 Å². The van der Waals surface area contributed by atoms with Crippen LogP contribution in [0.2, 0.25) is 10.0 Å². The minimum absolute atomic E-state index is 0.112. The van der Waals surface area contributed by atoms with Gasteiger partial charge < -0.3 is 4.74 Å². The van der Waals surface area contributed by atoms with Crippen molar-refractivity contribution in [3.63, 3.8) is 0 Å². The van der Waals surface area contributed by atoms with Gasteiger partial charge in [0.25, 0.3) is 0 Å². The maximum atomic E-state index is 12.0. The van der Waals surface area contributed by atoms with Crippen molar-refractivity contribution in [2.45, 2.75) is 31.3 Å². The summed E-state index contributed by atoms with van der Waals surface area (Å²) in [5.74, 6) is -0.672. The molecule has 0 saturated carbocycles. The van der Waals surface area contributed by atoms with Crippen molar-refractivity contribution in [1.82, 2.24) is 4.72 Å². The average Bonchev–Trinajstić information content (AvgIpc) is 2.23. The van der Waals surface area contributed by atoms with Crippen molar-refractivity contribution in [3.8, 4) is 0 Å². The molecule has 8 heteroatoms. The Kier molecular flexibility index (Phi) is 5.43. The molecule has 1 aromatic rings. The van der Waals surface area contributed by atoms with E-state index in [1.807, 2.05) is 0 Å². The summed E-state index contributed by atoms with van der Waals surface area (Å²) >= 11 is 11.5. The maximum absolute atomic E-state index is 12.0. The highest BCUT2D eigenvalue weighted by molar-refractivity contribution is 7.89. The summed E-state index contributed by atoms with van der Waals surface area (Å²) < 4.78 is 31.1. The lowest BCUT2D eigenvalue weighted by Crippen LogP contribution is -2.34. The molecule has 0 aliphatic carbocycles. The van der Waals surface area contributed by atoms with Crippen LogP contribution >= 0.6 is 23.2 Å². The van der Waals surface area contributed by atoms with Gasteiger partial charge in [0.05, 0.1) is 4.90 Å². The van der Waals surface area contributed by atoms with E-state index in [4.69, 9.17) is 27.9 Å². The summed E-state index contributed by atoms with van der Waals surface area (Å²) in [6, 6.07) is 3.89. The second-order valence-corrected chi connectivity index (χ2v) is 7.66. The van der Waals surface area contributed by atoms with Crippen molar-refractivity contribution in [3.05, 3.63) is 28.2 Å². The van der Waals surface area contributed by atoms with Gasteiger partial charge >= 0.3 is 5.97 Å². The lowest BCUT2D eigenvalue weighted by molar-refractivity contribution is -0.153. The number of carbonyl (C=O) groups excluding carboxylic acids is 1. The molecule has 1 N–H and O–H groups in total. The minimum Gasteiger partial charge on any atom is -0.459 e. The summed E-state index contributed by atoms with van der Waals surface area (Å²) in [5.41, 5.74) is -0.679. The first-order valence-electron chi connectivity index (χ1n) is 5.67. The quantitative estimate of drug-likeness (QED) is 0.855. The van der Waals surface area contributed by atoms with Crippen molar-refractivity contribution in [1.29, 1.82) is 0 Å². The lowest BCUT2D eigenvalue weighted by atomic mass is 10.2. The molecule has 0 bridgehead atoms. The van der Waals surface area contributed by atoms with Gasteiger partial charge in [0.2, 0.25) is 10.0 Å². The Morgan fingerprint density at radius 3 is 2.15 bits per heavy atom. The number of ether oxygens (including phenoxy) is 1. The number of benzene rings is 1. The van der Waals surface area contributed by atoms with Crippen molar-refractivity contribution >= 4 is 39.2 Å². The molecular formula is C12H15Cl2NO4S. The third kappa shape index (κ3) is 5.66. The number of halogens is 2. The second-order valence-electron chi connectivity index (χ2n) is 5.02. The predicted molar refractivity (Wildman–Crippen MR) is 77.5 cm³/mol. The number of carbonyl (C=O) groups is 1. The minimum atomic E-state index is -3.88. The van der Waals surface area contributed by atoms with E-state index in [1.165, 1.54) is 18.2 Å². The highest BCUT2D eigenvalue weighted by Crippen LogP contribution is 2.22. The number of hydrogen-bond donors (Lipinski definition) is 1. The molecule has 0 fully saturated rings. The first-order chi connectivity index (χ1) is 8.99. The fraction of sp³-hybridized carbons (Fsp3) is 0.417. The topological polar surface area (TPSA) is 72.5 Å². The van der Waals surface area contributed by atoms with Crippen molar-refractivity contribution < 1.29 is 17.9 Å². The highest BCUT2D eigenvalue weighted by atomic mass is 35.5. The predicted octanol–water partition coefficient (Wildman–Crippen LogP) is 2.61. The monoisotopic (exact) mass is 339 g/mol. The third-order valence-corrected chi connectivity index (χ3v) is 3.79. The standard InChI is InChI=1S/C12H15Cl2NO4S/c1-12(2,3)19-11(16)7-15-20(17,18)10-5-8(13)4-9(14)6-10/h4-6,15H,7H2,1-3H3. The summed E-state index contributed by atoms with van der Waals surface area (Å²) in [7, 11) is -3.88. The van der Waals surface area contributed by atoms with Gasteiger partial charge in [0.1, 0.15) is 12.1 Å². The van der Waals surface area contributed by atoms with Gasteiger partial charge in [-0.1, -0.05) is 23.2 Å². The molecule has 1 aromatic carbocycles. The van der Waals surface area contributed by atoms with Gasteiger partial charge in [-0.05, 0) is 39.0 Å². The van der Waals surface area contributed by atoms with Crippen LogP contribution in [-0.4, -0.2) is 26.5 Å². The number of esters is 1. The van der Waals surface area contributed by atoms with Crippen LogP contribution in [0.4, 0.5) is 0 Å². The Hall–Kier alpha value is -0.820. The van der Waals surface area contributed by atoms with E-state index < -0.39 is 28.1 Å². The Morgan fingerprint density at radius 1 is 1.20 bits per heavy atom. The molecule has 0 saturated heterocycles. The molecule has 5 nitrogen and oxygen atoms in total. The molecule has 0 aliphatic rings. The van der Waals surface area contributed by atoms with Gasteiger partial charge in [-0.2, -0.15) is 4.72 Å². The van der Waals surface area contributed by atoms with E-state index >= 15 is 0 Å². The normalized spacial score (nSPS) is 12.2. The van der Waals surface area contributed by atoms with Crippen molar-refractivity contribution in [2.24, 2.45) is 0 Å². The fourth-order valence-corrected chi connectivity index (χ4v) is 2.99. The molecular weight excluding hydrogens is 325 g/mol. The van der Waals surface area contributed by atoms with Crippen LogP contribution in [0.25, 0.3) is 0 Å². The van der Waals surface area contributed by atoms with Gasteiger partial charge in [-0.15, -0.1) is 0 Å². The first-order valence-corrected chi connectivity index (χ1v) is 7.91. The van der Waals surface area contributed by atoms with Crippen molar-refractivity contribution in [2.75, 3.05) is 6.54 Å². The van der Waals surface area contributed by atoms with Crippen LogP contribution in [0.1, 0.15) is 20.8 Å². The Labute approximate surface area is 128 Å². The number of sulfonamides is 1. The highest BCUT2D eigenvalue weighted by Gasteiger charge is 2.20. The number of hydrogen-bond acceptors (Lipinski definition) is 4. The summed E-state index contributed by atoms with van der Waals surface area (Å²) in [4.78, 5) is 11.4. The van der Waals surface area contributed by atoms with E-state index in [2.05, 4.69) is 4.72 Å². The van der Waals surface area contributed by atoms with E-state index in [9.17, 15) is 13.2 Å². The van der Waals surface area contributed by atoms with Crippen LogP contribution in [0.15, 0.2) is 23.1 Å². The molecule has 0 atom stereocenters. The Balaban J connectivity index is 2.78. The summed E-state index contributed by atoms with van der Waals surface area (Å²) in [5, 5.41) is 0.380. The second kappa shape index (κ2) is 6.30. The van der Waals surface area contributed by atoms with Gasteiger partial charge in [0, 0.05) is 10.0 Å². The molecule has 20 heavy (non-hydrogen) atoms. The molecule has 0 amide bonds. The SMILES string of the molecule is CC(C)(C)OC(=O)CNS(=O)(=O)c1cc(Cl)cc(Cl)c1. The van der Waals surface area contributed by atoms with E-state index in [0.717, 1.165) is 0 Å². The van der Waals surface area contributed by atoms with Crippen LogP contribution in [0.3, 0.4) is 0 Å². The summed E-state index contributed by atoms with van der Waals surface area (Å²) in [6.07, 6.45) is 0. The number of nitrogens with one attached hydrogen (secondary N) is 1. The Morgan fingerprint density at radius 2 is 1.70 bits per heavy atom. The molecule has 112 valence electrons. The van der Waals surface area contributed by atoms with Gasteiger partial charge in [0.15, 0.2) is 0 Å². The maximum Gasteiger partial charge on any atom is 0.321 e. The van der Waals surface area contributed by atoms with E-state index in [0.29, 0.717) is 0 Å². The zero-order valence-corrected chi connectivity index (χ0v) is 13.6. The smallest absolute Gasteiger partial charge is 0.321 e. The van der Waals surface area contributed by atoms with E-state index in [1.54, 1.807) is 20.8 Å². The molecule has 0 radical (unpaired) electrons. The first kappa shape index (κ1) is 17.2. The van der Waals surface area contributed by atoms with Gasteiger partial charge in [-0.3, -0.25) is 4.79 Å². The molecule has 0 heterocycles. The van der Waals surface area contributed by atoms with Crippen LogP contribution in [-0.2, 0) is 19.6 Å². The molecule has 0 aromatic heterocycles.